The minimum absolute atomic E-state index is 0.0253. The van der Waals surface area contributed by atoms with Gasteiger partial charge < -0.3 is 10.1 Å². The molecule has 2 aliphatic carbocycles. The zero-order valence-corrected chi connectivity index (χ0v) is 20.9. The van der Waals surface area contributed by atoms with E-state index in [1.165, 1.54) is 54.4 Å². The first-order chi connectivity index (χ1) is 16.0. The Morgan fingerprint density at radius 2 is 1.76 bits per heavy atom. The van der Waals surface area contributed by atoms with Crippen LogP contribution in [0.3, 0.4) is 0 Å². The zero-order chi connectivity index (χ0) is 23.4. The number of nitrogens with one attached hydrogen (secondary N) is 1. The summed E-state index contributed by atoms with van der Waals surface area (Å²) in [6.07, 6.45) is 11.3. The fourth-order valence-electron chi connectivity index (χ4n) is 5.28. The Balaban J connectivity index is 1.44. The van der Waals surface area contributed by atoms with E-state index in [-0.39, 0.29) is 23.8 Å². The number of benzene rings is 1. The van der Waals surface area contributed by atoms with Crippen LogP contribution in [-0.2, 0) is 16.0 Å². The van der Waals surface area contributed by atoms with Crippen molar-refractivity contribution >= 4 is 28.8 Å². The minimum Gasteiger partial charge on any atom is -0.469 e. The summed E-state index contributed by atoms with van der Waals surface area (Å²) in [5.74, 6) is -0.134. The molecule has 1 aromatic carbocycles. The van der Waals surface area contributed by atoms with Crippen LogP contribution < -0.4 is 5.32 Å². The number of hydrogen-bond donors (Lipinski definition) is 1. The summed E-state index contributed by atoms with van der Waals surface area (Å²) >= 11 is 1.71. The van der Waals surface area contributed by atoms with Gasteiger partial charge in [0.1, 0.15) is 0 Å². The highest BCUT2D eigenvalue weighted by molar-refractivity contribution is 7.12. The van der Waals surface area contributed by atoms with Crippen molar-refractivity contribution in [3.05, 3.63) is 62.3 Å². The van der Waals surface area contributed by atoms with Gasteiger partial charge in [0, 0.05) is 15.8 Å². The number of esters is 1. The maximum Gasteiger partial charge on any atom is 0.308 e. The molecule has 2 aromatic rings. The Hall–Kier alpha value is -2.40. The highest BCUT2D eigenvalue weighted by atomic mass is 32.1. The lowest BCUT2D eigenvalue weighted by molar-refractivity contribution is -0.146. The summed E-state index contributed by atoms with van der Waals surface area (Å²) in [6.45, 7) is 4.16. The molecule has 1 N–H and O–H groups in total. The second-order valence-corrected chi connectivity index (χ2v) is 10.9. The predicted octanol–water partition coefficient (Wildman–Crippen LogP) is 6.37. The molecule has 0 aliphatic heterocycles. The van der Waals surface area contributed by atoms with E-state index in [1.54, 1.807) is 11.3 Å². The largest absolute Gasteiger partial charge is 0.469 e. The summed E-state index contributed by atoms with van der Waals surface area (Å²) in [6, 6.07) is 9.02. The lowest BCUT2D eigenvalue weighted by atomic mass is 9.86. The molecule has 1 fully saturated rings. The molecule has 4 nitrogen and oxygen atoms in total. The first-order valence-corrected chi connectivity index (χ1v) is 13.0. The van der Waals surface area contributed by atoms with Crippen molar-refractivity contribution < 1.29 is 14.3 Å². The molecule has 33 heavy (non-hydrogen) atoms. The van der Waals surface area contributed by atoms with Gasteiger partial charge in [-0.3, -0.25) is 9.59 Å². The van der Waals surface area contributed by atoms with Gasteiger partial charge >= 0.3 is 5.97 Å². The average Bonchev–Trinajstić information content (AvgIpc) is 3.12. The number of ether oxygens (including phenoxy) is 1. The fraction of sp³-hybridized carbons (Fsp3) is 0.500. The summed E-state index contributed by atoms with van der Waals surface area (Å²) in [7, 11) is 1.44. The molecule has 176 valence electrons. The molecule has 1 saturated carbocycles. The van der Waals surface area contributed by atoms with Gasteiger partial charge in [-0.05, 0) is 93.9 Å². The number of amides is 1. The molecule has 0 radical (unpaired) electrons. The van der Waals surface area contributed by atoms with Gasteiger partial charge in [0.15, 0.2) is 0 Å². The number of aryl methyl sites for hydroxylation is 2. The monoisotopic (exact) mass is 465 g/mol. The van der Waals surface area contributed by atoms with Crippen molar-refractivity contribution in [2.45, 2.75) is 77.7 Å². The van der Waals surface area contributed by atoms with Crippen LogP contribution in [0.2, 0.25) is 0 Å². The summed E-state index contributed by atoms with van der Waals surface area (Å²) in [5.41, 5.74) is 6.02. The molecule has 4 rings (SSSR count). The fourth-order valence-corrected chi connectivity index (χ4v) is 6.35. The van der Waals surface area contributed by atoms with Gasteiger partial charge in [-0.2, -0.15) is 0 Å². The SMILES string of the molecule is COC(=O)C1CCC(NC(=O)c2c(C)sc(C)c2Cc2ccc(C3=CCCCC3)cc2)CC1. The molecule has 1 heterocycles. The maximum absolute atomic E-state index is 13.3. The number of thiophene rings is 1. The van der Waals surface area contributed by atoms with E-state index in [1.807, 2.05) is 6.92 Å². The Morgan fingerprint density at radius 1 is 1.03 bits per heavy atom. The topological polar surface area (TPSA) is 55.4 Å². The van der Waals surface area contributed by atoms with Gasteiger partial charge in [0.25, 0.3) is 5.91 Å². The quantitative estimate of drug-likeness (QED) is 0.504. The van der Waals surface area contributed by atoms with Crippen molar-refractivity contribution in [3.8, 4) is 0 Å². The van der Waals surface area contributed by atoms with Gasteiger partial charge in [-0.15, -0.1) is 11.3 Å². The van der Waals surface area contributed by atoms with E-state index in [4.69, 9.17) is 4.74 Å². The van der Waals surface area contributed by atoms with E-state index in [2.05, 4.69) is 42.6 Å². The predicted molar refractivity (Wildman–Crippen MR) is 135 cm³/mol. The Morgan fingerprint density at radius 3 is 2.39 bits per heavy atom. The molecule has 5 heteroatoms. The van der Waals surface area contributed by atoms with Crippen LogP contribution >= 0.6 is 11.3 Å². The molecule has 0 spiro atoms. The number of methoxy groups -OCH3 is 1. The Bertz CT molecular complexity index is 1030. The molecule has 1 aromatic heterocycles. The van der Waals surface area contributed by atoms with Crippen molar-refractivity contribution in [1.82, 2.24) is 5.32 Å². The molecule has 2 aliphatic rings. The molecule has 0 bridgehead atoms. The first kappa shape index (κ1) is 23.7. The van der Waals surface area contributed by atoms with E-state index in [0.717, 1.165) is 48.1 Å². The number of carbonyl (C=O) groups is 2. The van der Waals surface area contributed by atoms with Crippen molar-refractivity contribution in [1.29, 1.82) is 0 Å². The van der Waals surface area contributed by atoms with E-state index < -0.39 is 0 Å². The smallest absolute Gasteiger partial charge is 0.308 e. The van der Waals surface area contributed by atoms with E-state index >= 15 is 0 Å². The van der Waals surface area contributed by atoms with E-state index in [0.29, 0.717) is 0 Å². The second-order valence-electron chi connectivity index (χ2n) is 9.46. The standard InChI is InChI=1S/C28H35NO3S/c1-18-25(17-20-9-11-22(12-10-20)21-7-5-4-6-8-21)26(19(2)33-18)27(30)29-24-15-13-23(14-16-24)28(31)32-3/h7,9-12,23-24H,4-6,8,13-17H2,1-3H3,(H,29,30). The van der Waals surface area contributed by atoms with Crippen LogP contribution in [-0.4, -0.2) is 25.0 Å². The van der Waals surface area contributed by atoms with Crippen molar-refractivity contribution in [3.63, 3.8) is 0 Å². The zero-order valence-electron chi connectivity index (χ0n) is 20.0. The van der Waals surface area contributed by atoms with Gasteiger partial charge in [-0.1, -0.05) is 30.3 Å². The summed E-state index contributed by atoms with van der Waals surface area (Å²) < 4.78 is 4.88. The third-order valence-corrected chi connectivity index (χ3v) is 8.27. The lowest BCUT2D eigenvalue weighted by Gasteiger charge is -2.27. The van der Waals surface area contributed by atoms with Gasteiger partial charge in [-0.25, -0.2) is 0 Å². The summed E-state index contributed by atoms with van der Waals surface area (Å²) in [5, 5.41) is 3.25. The molecule has 0 atom stereocenters. The van der Waals surface area contributed by atoms with Crippen LogP contribution in [0.4, 0.5) is 0 Å². The molecule has 1 amide bonds. The number of carbonyl (C=O) groups excluding carboxylic acids is 2. The van der Waals surface area contributed by atoms with Crippen LogP contribution in [0, 0.1) is 19.8 Å². The minimum atomic E-state index is -0.128. The Kier molecular flexibility index (Phi) is 7.69. The average molecular weight is 466 g/mol. The van der Waals surface area contributed by atoms with Crippen LogP contribution in [0.25, 0.3) is 5.57 Å². The normalized spacial score (nSPS) is 20.8. The molecule has 0 unspecified atom stereocenters. The molecule has 0 saturated heterocycles. The van der Waals surface area contributed by atoms with Crippen molar-refractivity contribution in [2.75, 3.05) is 7.11 Å². The highest BCUT2D eigenvalue weighted by Crippen LogP contribution is 2.32. The third-order valence-electron chi connectivity index (χ3n) is 7.21. The van der Waals surface area contributed by atoms with Crippen LogP contribution in [0.1, 0.15) is 88.2 Å². The van der Waals surface area contributed by atoms with Crippen LogP contribution in [0.5, 0.6) is 0 Å². The lowest BCUT2D eigenvalue weighted by Crippen LogP contribution is -2.39. The van der Waals surface area contributed by atoms with Gasteiger partial charge in [0.05, 0.1) is 18.6 Å². The Labute approximate surface area is 201 Å². The number of hydrogen-bond acceptors (Lipinski definition) is 4. The first-order valence-electron chi connectivity index (χ1n) is 12.2. The van der Waals surface area contributed by atoms with Crippen molar-refractivity contribution in [2.24, 2.45) is 5.92 Å². The molecular weight excluding hydrogens is 430 g/mol. The number of allylic oxidation sites excluding steroid dienone is 2. The number of rotatable bonds is 6. The van der Waals surface area contributed by atoms with Gasteiger partial charge in [0.2, 0.25) is 0 Å². The van der Waals surface area contributed by atoms with E-state index in [9.17, 15) is 9.59 Å². The molecular formula is C28H35NO3S. The summed E-state index contributed by atoms with van der Waals surface area (Å²) in [4.78, 5) is 27.4. The highest BCUT2D eigenvalue weighted by Gasteiger charge is 2.29. The maximum atomic E-state index is 13.3. The third kappa shape index (κ3) is 5.57. The van der Waals surface area contributed by atoms with Crippen LogP contribution in [0.15, 0.2) is 30.3 Å². The second kappa shape index (κ2) is 10.7.